The van der Waals surface area contributed by atoms with Gasteiger partial charge in [-0.05, 0) is 52.8 Å². The Morgan fingerprint density at radius 3 is 2.88 bits per heavy atom. The molecule has 3 aromatic rings. The lowest BCUT2D eigenvalue weighted by molar-refractivity contribution is 0.101. The molecule has 0 atom stereocenters. The van der Waals surface area contributed by atoms with Gasteiger partial charge in [0.25, 0.3) is 5.91 Å². The normalized spacial score (nSPS) is 11.1. The molecule has 3 heterocycles. The minimum absolute atomic E-state index is 0.0923. The Balaban J connectivity index is 1.78. The standard InChI is InChI=1S/C18H21N3OS2/c1-13(2)9-15-10-16(17(22)20-18-19-5-8-24-18)21(11-15)6-3-14-4-7-23-12-14/h4-5,7-8,10-13H,3,6,9H2,1-2H3,(H,19,20,22). The summed E-state index contributed by atoms with van der Waals surface area (Å²) < 4.78 is 2.07. The summed E-state index contributed by atoms with van der Waals surface area (Å²) in [5.41, 5.74) is 3.22. The number of amides is 1. The maximum absolute atomic E-state index is 12.6. The summed E-state index contributed by atoms with van der Waals surface area (Å²) in [6.07, 6.45) is 5.71. The molecule has 24 heavy (non-hydrogen) atoms. The van der Waals surface area contributed by atoms with Crippen molar-refractivity contribution < 1.29 is 4.79 Å². The van der Waals surface area contributed by atoms with Gasteiger partial charge in [-0.1, -0.05) is 13.8 Å². The Labute approximate surface area is 150 Å². The fourth-order valence-corrected chi connectivity index (χ4v) is 3.89. The van der Waals surface area contributed by atoms with Gasteiger partial charge in [-0.25, -0.2) is 4.98 Å². The third-order valence-corrected chi connectivity index (χ3v) is 5.12. The van der Waals surface area contributed by atoms with Crippen LogP contribution in [0.15, 0.2) is 40.7 Å². The van der Waals surface area contributed by atoms with Gasteiger partial charge >= 0.3 is 0 Å². The number of nitrogens with zero attached hydrogens (tertiary/aromatic N) is 2. The van der Waals surface area contributed by atoms with E-state index in [1.165, 1.54) is 22.5 Å². The number of thiophene rings is 1. The second-order valence-corrected chi connectivity index (χ2v) is 7.87. The van der Waals surface area contributed by atoms with Crippen LogP contribution < -0.4 is 5.32 Å². The summed E-state index contributed by atoms with van der Waals surface area (Å²) in [5.74, 6) is 0.470. The highest BCUT2D eigenvalue weighted by Gasteiger charge is 2.15. The van der Waals surface area contributed by atoms with Gasteiger partial charge < -0.3 is 4.57 Å². The molecule has 1 amide bonds. The van der Waals surface area contributed by atoms with Gasteiger partial charge in [0, 0.05) is 24.3 Å². The number of hydrogen-bond donors (Lipinski definition) is 1. The van der Waals surface area contributed by atoms with E-state index in [-0.39, 0.29) is 5.91 Å². The van der Waals surface area contributed by atoms with E-state index in [4.69, 9.17) is 0 Å². The van der Waals surface area contributed by atoms with E-state index >= 15 is 0 Å². The van der Waals surface area contributed by atoms with Crippen molar-refractivity contribution in [2.45, 2.75) is 33.2 Å². The van der Waals surface area contributed by atoms with Gasteiger partial charge in [-0.2, -0.15) is 11.3 Å². The van der Waals surface area contributed by atoms with Gasteiger partial charge in [0.15, 0.2) is 5.13 Å². The SMILES string of the molecule is CC(C)Cc1cc(C(=O)Nc2nccs2)n(CCc2ccsc2)c1. The molecule has 0 saturated heterocycles. The second kappa shape index (κ2) is 7.77. The van der Waals surface area contributed by atoms with E-state index in [1.54, 1.807) is 17.5 Å². The van der Waals surface area contributed by atoms with Crippen LogP contribution in [0.25, 0.3) is 0 Å². The first-order chi connectivity index (χ1) is 11.6. The van der Waals surface area contributed by atoms with Crippen molar-refractivity contribution in [3.8, 4) is 0 Å². The molecule has 0 radical (unpaired) electrons. The monoisotopic (exact) mass is 359 g/mol. The van der Waals surface area contributed by atoms with Gasteiger partial charge in [-0.3, -0.25) is 10.1 Å². The minimum atomic E-state index is -0.0923. The third kappa shape index (κ3) is 4.33. The second-order valence-electron chi connectivity index (χ2n) is 6.20. The van der Waals surface area contributed by atoms with Gasteiger partial charge in [0.2, 0.25) is 0 Å². The Morgan fingerprint density at radius 1 is 1.33 bits per heavy atom. The number of carbonyl (C=O) groups excluding carboxylic acids is 1. The van der Waals surface area contributed by atoms with E-state index in [1.807, 2.05) is 11.4 Å². The van der Waals surface area contributed by atoms with Crippen LogP contribution in [0.2, 0.25) is 0 Å². The predicted molar refractivity (Wildman–Crippen MR) is 101 cm³/mol. The average Bonchev–Trinajstić information content (AvgIpc) is 3.26. The van der Waals surface area contributed by atoms with E-state index in [2.05, 4.69) is 51.7 Å². The molecular weight excluding hydrogens is 338 g/mol. The minimum Gasteiger partial charge on any atom is -0.343 e. The fourth-order valence-electron chi connectivity index (χ4n) is 2.66. The molecule has 126 valence electrons. The van der Waals surface area contributed by atoms with Crippen LogP contribution in [0.1, 0.15) is 35.5 Å². The average molecular weight is 360 g/mol. The van der Waals surface area contributed by atoms with Gasteiger partial charge in [0.1, 0.15) is 5.69 Å². The number of carbonyl (C=O) groups is 1. The highest BCUT2D eigenvalue weighted by atomic mass is 32.1. The van der Waals surface area contributed by atoms with E-state index in [9.17, 15) is 4.79 Å². The zero-order valence-electron chi connectivity index (χ0n) is 13.9. The lowest BCUT2D eigenvalue weighted by Gasteiger charge is -2.08. The number of hydrogen-bond acceptors (Lipinski definition) is 4. The number of rotatable bonds is 7. The molecule has 0 aliphatic heterocycles. The molecule has 1 N–H and O–H groups in total. The Morgan fingerprint density at radius 2 is 2.21 bits per heavy atom. The number of nitrogens with one attached hydrogen (secondary N) is 1. The van der Waals surface area contributed by atoms with Crippen LogP contribution in [0.4, 0.5) is 5.13 Å². The summed E-state index contributed by atoms with van der Waals surface area (Å²) in [7, 11) is 0. The zero-order chi connectivity index (χ0) is 16.9. The Hall–Kier alpha value is -1.92. The van der Waals surface area contributed by atoms with Crippen molar-refractivity contribution in [3.63, 3.8) is 0 Å². The number of aryl methyl sites for hydroxylation is 2. The largest absolute Gasteiger partial charge is 0.343 e. The molecule has 6 heteroatoms. The highest BCUT2D eigenvalue weighted by molar-refractivity contribution is 7.13. The molecule has 4 nitrogen and oxygen atoms in total. The van der Waals surface area contributed by atoms with Crippen molar-refractivity contribution in [1.82, 2.24) is 9.55 Å². The molecule has 3 aromatic heterocycles. The third-order valence-electron chi connectivity index (χ3n) is 3.70. The van der Waals surface area contributed by atoms with Crippen molar-refractivity contribution in [2.75, 3.05) is 5.32 Å². The lowest BCUT2D eigenvalue weighted by Crippen LogP contribution is -2.17. The molecule has 0 unspecified atom stereocenters. The number of anilines is 1. The van der Waals surface area contributed by atoms with Crippen molar-refractivity contribution in [3.05, 3.63) is 57.5 Å². The molecule has 3 rings (SSSR count). The molecular formula is C18H21N3OS2. The molecule has 0 fully saturated rings. The Kier molecular flexibility index (Phi) is 5.48. The molecule has 0 aromatic carbocycles. The first kappa shape index (κ1) is 16.9. The molecule has 0 bridgehead atoms. The fraction of sp³-hybridized carbons (Fsp3) is 0.333. The summed E-state index contributed by atoms with van der Waals surface area (Å²) in [4.78, 5) is 16.8. The van der Waals surface area contributed by atoms with Crippen LogP contribution in [0.3, 0.4) is 0 Å². The van der Waals surface area contributed by atoms with Gasteiger partial charge in [0.05, 0.1) is 0 Å². The van der Waals surface area contributed by atoms with Crippen molar-refractivity contribution >= 4 is 33.7 Å². The molecule has 0 spiro atoms. The summed E-state index contributed by atoms with van der Waals surface area (Å²) in [5, 5.41) is 9.63. The molecule has 0 aliphatic carbocycles. The van der Waals surface area contributed by atoms with E-state index in [0.29, 0.717) is 16.7 Å². The molecule has 0 saturated carbocycles. The lowest BCUT2D eigenvalue weighted by atomic mass is 10.1. The zero-order valence-corrected chi connectivity index (χ0v) is 15.5. The number of thiazole rings is 1. The highest BCUT2D eigenvalue weighted by Crippen LogP contribution is 2.18. The van der Waals surface area contributed by atoms with Gasteiger partial charge in [-0.15, -0.1) is 11.3 Å². The first-order valence-corrected chi connectivity index (χ1v) is 9.85. The topological polar surface area (TPSA) is 46.9 Å². The smallest absolute Gasteiger partial charge is 0.274 e. The Bertz CT molecular complexity index is 773. The van der Waals surface area contributed by atoms with Crippen molar-refractivity contribution in [1.29, 1.82) is 0 Å². The summed E-state index contributed by atoms with van der Waals surface area (Å²) >= 11 is 3.14. The van der Waals surface area contributed by atoms with Crippen LogP contribution >= 0.6 is 22.7 Å². The predicted octanol–water partition coefficient (Wildman–Crippen LogP) is 4.70. The number of aromatic nitrogens is 2. The summed E-state index contributed by atoms with van der Waals surface area (Å²) in [6.45, 7) is 5.19. The van der Waals surface area contributed by atoms with Crippen LogP contribution in [0.5, 0.6) is 0 Å². The van der Waals surface area contributed by atoms with Crippen molar-refractivity contribution in [2.24, 2.45) is 5.92 Å². The van der Waals surface area contributed by atoms with Crippen LogP contribution in [0, 0.1) is 5.92 Å². The quantitative estimate of drug-likeness (QED) is 0.665. The summed E-state index contributed by atoms with van der Waals surface area (Å²) in [6, 6.07) is 4.15. The molecule has 0 aliphatic rings. The van der Waals surface area contributed by atoms with Crippen LogP contribution in [-0.4, -0.2) is 15.5 Å². The maximum atomic E-state index is 12.6. The van der Waals surface area contributed by atoms with Crippen LogP contribution in [-0.2, 0) is 19.4 Å². The first-order valence-electron chi connectivity index (χ1n) is 8.03. The van der Waals surface area contributed by atoms with E-state index in [0.717, 1.165) is 19.4 Å². The van der Waals surface area contributed by atoms with E-state index < -0.39 is 0 Å². The maximum Gasteiger partial charge on any atom is 0.274 e.